The van der Waals surface area contributed by atoms with Crippen molar-refractivity contribution >= 4 is 0 Å². The van der Waals surface area contributed by atoms with Crippen LogP contribution in [0.1, 0.15) is 13.8 Å². The highest BCUT2D eigenvalue weighted by molar-refractivity contribution is 4.44. The predicted molar refractivity (Wildman–Crippen MR) is 72.3 cm³/mol. The van der Waals surface area contributed by atoms with E-state index in [1.54, 1.807) is 0 Å². The lowest BCUT2D eigenvalue weighted by molar-refractivity contribution is -0.907. The molecule has 0 saturated heterocycles. The van der Waals surface area contributed by atoms with Crippen LogP contribution in [0.2, 0.25) is 0 Å². The molecule has 4 nitrogen and oxygen atoms in total. The maximum atomic E-state index is 5.59. The van der Waals surface area contributed by atoms with E-state index in [4.69, 9.17) is 9.47 Å². The summed E-state index contributed by atoms with van der Waals surface area (Å²) in [4.78, 5) is 2.24. The molecule has 112 valence electrons. The number of likely N-dealkylation sites (N-methyl/N-ethyl adjacent to an activating group) is 2. The molecule has 0 fully saturated rings. The molecule has 0 amide bonds. The van der Waals surface area contributed by atoms with Crippen LogP contribution in [0, 0.1) is 0 Å². The average molecular weight is 327 g/mol. The molecule has 0 aromatic heterocycles. The molecule has 0 aliphatic carbocycles. The number of hydrogen-bond acceptors (Lipinski definition) is 3. The van der Waals surface area contributed by atoms with Gasteiger partial charge in [0, 0.05) is 13.2 Å². The molecule has 0 aromatic rings. The van der Waals surface area contributed by atoms with Crippen LogP contribution in [0.3, 0.4) is 0 Å². The van der Waals surface area contributed by atoms with Gasteiger partial charge in [-0.15, -0.1) is 0 Å². The van der Waals surface area contributed by atoms with Crippen LogP contribution in [-0.2, 0) is 9.47 Å². The third-order valence-electron chi connectivity index (χ3n) is 3.20. The van der Waals surface area contributed by atoms with E-state index in [-0.39, 0.29) is 17.0 Å². The van der Waals surface area contributed by atoms with Gasteiger partial charge in [0.1, 0.15) is 6.54 Å². The lowest BCUT2D eigenvalue weighted by Gasteiger charge is -2.34. The molecular weight excluding hydrogens is 296 g/mol. The van der Waals surface area contributed by atoms with Crippen molar-refractivity contribution in [2.45, 2.75) is 13.8 Å². The highest BCUT2D eigenvalue weighted by Gasteiger charge is 2.18. The molecule has 0 aliphatic heterocycles. The molecule has 0 radical (unpaired) electrons. The second-order valence-electron chi connectivity index (χ2n) is 5.00. The maximum Gasteiger partial charge on any atom is 0.102 e. The van der Waals surface area contributed by atoms with Gasteiger partial charge in [0.2, 0.25) is 0 Å². The summed E-state index contributed by atoms with van der Waals surface area (Å²) >= 11 is 0. The quantitative estimate of drug-likeness (QED) is 0.326. The van der Waals surface area contributed by atoms with Crippen molar-refractivity contribution in [3.8, 4) is 0 Å². The first-order valence-electron chi connectivity index (χ1n) is 6.68. The Bertz CT molecular complexity index is 182. The molecule has 5 heteroatoms. The molecule has 0 N–H and O–H groups in total. The summed E-state index contributed by atoms with van der Waals surface area (Å²) in [6.07, 6.45) is 0. The molecule has 1 atom stereocenters. The Morgan fingerprint density at radius 3 is 2.06 bits per heavy atom. The monoisotopic (exact) mass is 326 g/mol. The lowest BCUT2D eigenvalue weighted by atomic mass is 10.3. The van der Waals surface area contributed by atoms with Gasteiger partial charge < -0.3 is 35.8 Å². The van der Waals surface area contributed by atoms with Crippen molar-refractivity contribution in [1.29, 1.82) is 0 Å². The smallest absolute Gasteiger partial charge is 0.102 e. The van der Waals surface area contributed by atoms with E-state index in [2.05, 4.69) is 33.0 Å². The van der Waals surface area contributed by atoms with E-state index in [1.807, 2.05) is 6.92 Å². The molecule has 0 rings (SSSR count). The van der Waals surface area contributed by atoms with E-state index < -0.39 is 0 Å². The van der Waals surface area contributed by atoms with Gasteiger partial charge in [-0.25, -0.2) is 0 Å². The zero-order valence-electron chi connectivity index (χ0n) is 12.7. The lowest BCUT2D eigenvalue weighted by Crippen LogP contribution is -3.00. The van der Waals surface area contributed by atoms with Crippen LogP contribution in [0.25, 0.3) is 0 Å². The zero-order valence-corrected chi connectivity index (χ0v) is 14.3. The van der Waals surface area contributed by atoms with Gasteiger partial charge in [-0.1, -0.05) is 0 Å². The topological polar surface area (TPSA) is 21.7 Å². The fourth-order valence-electron chi connectivity index (χ4n) is 1.52. The first kappa shape index (κ1) is 20.6. The van der Waals surface area contributed by atoms with E-state index in [1.165, 1.54) is 6.54 Å². The summed E-state index contributed by atoms with van der Waals surface area (Å²) in [5.41, 5.74) is 0. The van der Waals surface area contributed by atoms with Crippen molar-refractivity contribution in [2.75, 3.05) is 73.7 Å². The predicted octanol–water partition coefficient (Wildman–Crippen LogP) is -1.93. The molecule has 0 aliphatic rings. The van der Waals surface area contributed by atoms with Gasteiger partial charge in [0.05, 0.1) is 40.0 Å². The molecule has 0 bridgehead atoms. The second kappa shape index (κ2) is 12.4. The molecular formula is C13H31BrN2O2. The average Bonchev–Trinajstić information content (AvgIpc) is 2.31. The summed E-state index contributed by atoms with van der Waals surface area (Å²) in [6, 6.07) is 0. The van der Waals surface area contributed by atoms with Gasteiger partial charge >= 0.3 is 0 Å². The maximum absolute atomic E-state index is 5.59. The van der Waals surface area contributed by atoms with Crippen LogP contribution in [0.4, 0.5) is 0 Å². The minimum absolute atomic E-state index is 0. The summed E-state index contributed by atoms with van der Waals surface area (Å²) in [7, 11) is 6.55. The highest BCUT2D eigenvalue weighted by atomic mass is 79.9. The van der Waals surface area contributed by atoms with E-state index in [9.17, 15) is 0 Å². The molecule has 18 heavy (non-hydrogen) atoms. The van der Waals surface area contributed by atoms with Crippen molar-refractivity contribution in [2.24, 2.45) is 0 Å². The Morgan fingerprint density at radius 1 is 0.944 bits per heavy atom. The Balaban J connectivity index is 0. The number of hydrogen-bond donors (Lipinski definition) is 0. The Hall–Kier alpha value is 0.320. The number of rotatable bonds is 11. The zero-order chi connectivity index (χ0) is 13.1. The van der Waals surface area contributed by atoms with E-state index >= 15 is 0 Å². The summed E-state index contributed by atoms with van der Waals surface area (Å²) in [6.45, 7) is 11.8. The largest absolute Gasteiger partial charge is 1.00 e. The van der Waals surface area contributed by atoms with Crippen LogP contribution in [0.5, 0.6) is 0 Å². The number of nitrogens with zero attached hydrogens (tertiary/aromatic N) is 2. The third-order valence-corrected chi connectivity index (χ3v) is 3.20. The standard InChI is InChI=1S/C13H31N2O2.BrH/c1-6-15(5,9-8-14(3)4)10-11-17-13-12-16-7-2;/h6-13H2,1-5H3;1H/q+1;/p-1. The van der Waals surface area contributed by atoms with Gasteiger partial charge in [-0.2, -0.15) is 0 Å². The second-order valence-corrected chi connectivity index (χ2v) is 5.00. The minimum atomic E-state index is 0. The molecule has 0 aromatic carbocycles. The van der Waals surface area contributed by atoms with Crippen molar-refractivity contribution in [3.63, 3.8) is 0 Å². The van der Waals surface area contributed by atoms with Crippen molar-refractivity contribution in [1.82, 2.24) is 4.90 Å². The summed E-state index contributed by atoms with van der Waals surface area (Å²) in [5, 5.41) is 0. The Morgan fingerprint density at radius 2 is 1.56 bits per heavy atom. The van der Waals surface area contributed by atoms with Gasteiger partial charge in [-0.3, -0.25) is 0 Å². The van der Waals surface area contributed by atoms with Gasteiger partial charge in [-0.05, 0) is 27.9 Å². The van der Waals surface area contributed by atoms with Crippen molar-refractivity contribution in [3.05, 3.63) is 0 Å². The summed E-state index contributed by atoms with van der Waals surface area (Å²) < 4.78 is 11.9. The van der Waals surface area contributed by atoms with Crippen molar-refractivity contribution < 1.29 is 30.9 Å². The van der Waals surface area contributed by atoms with E-state index in [0.29, 0.717) is 13.2 Å². The Kier molecular flexibility index (Phi) is 14.2. The first-order valence-corrected chi connectivity index (χ1v) is 6.68. The van der Waals surface area contributed by atoms with Crippen LogP contribution >= 0.6 is 0 Å². The van der Waals surface area contributed by atoms with Crippen LogP contribution in [-0.4, -0.2) is 83.1 Å². The normalized spacial score (nSPS) is 14.3. The minimum Gasteiger partial charge on any atom is -1.00 e. The van der Waals surface area contributed by atoms with Gasteiger partial charge in [0.25, 0.3) is 0 Å². The third kappa shape index (κ3) is 11.4. The Labute approximate surface area is 124 Å². The fourth-order valence-corrected chi connectivity index (χ4v) is 1.52. The first-order chi connectivity index (χ1) is 8.04. The summed E-state index contributed by atoms with van der Waals surface area (Å²) in [5.74, 6) is 0. The number of quaternary nitrogens is 1. The van der Waals surface area contributed by atoms with E-state index in [0.717, 1.165) is 37.3 Å². The number of halogens is 1. The molecule has 0 saturated carbocycles. The van der Waals surface area contributed by atoms with Gasteiger partial charge in [0.15, 0.2) is 0 Å². The van der Waals surface area contributed by atoms with Crippen LogP contribution < -0.4 is 17.0 Å². The molecule has 0 spiro atoms. The molecule has 0 heterocycles. The van der Waals surface area contributed by atoms with Crippen LogP contribution in [0.15, 0.2) is 0 Å². The number of ether oxygens (including phenoxy) is 2. The fraction of sp³-hybridized carbons (Fsp3) is 1.00. The highest BCUT2D eigenvalue weighted by Crippen LogP contribution is 2.01. The molecule has 1 unspecified atom stereocenters. The SMILES string of the molecule is CCOCCOCC[N+](C)(CC)CCN(C)C.[Br-].